The highest BCUT2D eigenvalue weighted by atomic mass is 15.2. The number of hydrogen-bond donors (Lipinski definition) is 0. The lowest BCUT2D eigenvalue weighted by atomic mass is 9.84. The zero-order valence-corrected chi connectivity index (χ0v) is 32.4. The Bertz CT molecular complexity index is 3670. The monoisotopic (exact) mass is 747 g/mol. The summed E-state index contributed by atoms with van der Waals surface area (Å²) in [5.41, 5.74) is 7.52. The molecule has 0 heterocycles. The largest absolute Gasteiger partial charge is 0.334 e. The minimum atomic E-state index is 0.233. The van der Waals surface area contributed by atoms with Crippen LogP contribution in [0.1, 0.15) is 6.42 Å². The van der Waals surface area contributed by atoms with E-state index in [-0.39, 0.29) is 6.04 Å². The summed E-state index contributed by atoms with van der Waals surface area (Å²) in [4.78, 5) is 2.51. The standard InChI is InChI=1S/C58H37N/c1-5-17-36(18-6-1)52-51-35-49-43-32-31-41(59(39-22-9-3-10-23-39)40-24-11-4-12-25-40)34-48(43)45-28-16-29-46(54(45)49)56(51)53(37-19-7-2-8-20-37)58-50-33-38-21-13-14-26-42(38)44-27-15-30-47(55(44)50)57(52)58/h1-24,26-35,40H,25H2. The van der Waals surface area contributed by atoms with E-state index in [9.17, 15) is 0 Å². The average molecular weight is 748 g/mol. The van der Waals surface area contributed by atoms with E-state index in [2.05, 4.69) is 211 Å². The number of allylic oxidation sites excluding steroid dienone is 2. The van der Waals surface area contributed by atoms with Gasteiger partial charge in [0, 0.05) is 11.4 Å². The van der Waals surface area contributed by atoms with E-state index in [4.69, 9.17) is 0 Å². The second kappa shape index (κ2) is 12.5. The van der Waals surface area contributed by atoms with Crippen LogP contribution in [0.2, 0.25) is 0 Å². The minimum Gasteiger partial charge on any atom is -0.334 e. The van der Waals surface area contributed by atoms with E-state index in [0.717, 1.165) is 6.42 Å². The van der Waals surface area contributed by atoms with Crippen molar-refractivity contribution >= 4 is 97.6 Å². The van der Waals surface area contributed by atoms with Crippen molar-refractivity contribution in [2.45, 2.75) is 12.5 Å². The Kier molecular flexibility index (Phi) is 6.91. The quantitative estimate of drug-likeness (QED) is 0.159. The molecule has 1 atom stereocenters. The first-order valence-corrected chi connectivity index (χ1v) is 20.8. The van der Waals surface area contributed by atoms with Gasteiger partial charge in [0.2, 0.25) is 0 Å². The molecule has 0 aromatic heterocycles. The SMILES string of the molecule is C1=CCC(N(c2ccccc2)c2ccc3c(c2)c2cccc4c5c(-c6ccccc6)c6c7cc8ccccc8c8cccc(c6c(-c6ccccc6)c5cc3c24)c87)C=C1. The zero-order chi connectivity index (χ0) is 38.6. The van der Waals surface area contributed by atoms with Crippen LogP contribution in [-0.2, 0) is 0 Å². The van der Waals surface area contributed by atoms with Crippen molar-refractivity contribution in [1.82, 2.24) is 0 Å². The molecule has 0 amide bonds. The molecule has 1 nitrogen and oxygen atoms in total. The maximum Gasteiger partial charge on any atom is 0.0559 e. The maximum atomic E-state index is 2.55. The highest BCUT2D eigenvalue weighted by Gasteiger charge is 2.27. The molecule has 13 rings (SSSR count). The van der Waals surface area contributed by atoms with Gasteiger partial charge >= 0.3 is 0 Å². The molecule has 1 unspecified atom stereocenters. The van der Waals surface area contributed by atoms with Crippen molar-refractivity contribution in [3.8, 4) is 22.3 Å². The third-order valence-electron chi connectivity index (χ3n) is 13.2. The summed E-state index contributed by atoms with van der Waals surface area (Å²) in [5, 5.41) is 21.0. The summed E-state index contributed by atoms with van der Waals surface area (Å²) in [5.74, 6) is 0. The Morgan fingerprint density at radius 1 is 0.339 bits per heavy atom. The smallest absolute Gasteiger partial charge is 0.0559 e. The molecule has 0 spiro atoms. The summed E-state index contributed by atoms with van der Waals surface area (Å²) in [7, 11) is 0. The molecule has 12 aromatic rings. The van der Waals surface area contributed by atoms with Crippen molar-refractivity contribution in [2.75, 3.05) is 4.90 Å². The summed E-state index contributed by atoms with van der Waals surface area (Å²) in [6.07, 6.45) is 9.93. The third kappa shape index (κ3) is 4.62. The number of benzene rings is 10. The minimum absolute atomic E-state index is 0.233. The molecule has 0 N–H and O–H groups in total. The number of para-hydroxylation sites is 1. The van der Waals surface area contributed by atoms with Gasteiger partial charge in [0.1, 0.15) is 0 Å². The van der Waals surface area contributed by atoms with Crippen molar-refractivity contribution in [3.63, 3.8) is 0 Å². The molecule has 1 aliphatic rings. The Morgan fingerprint density at radius 3 is 1.69 bits per heavy atom. The van der Waals surface area contributed by atoms with E-state index in [1.807, 2.05) is 0 Å². The van der Waals surface area contributed by atoms with Crippen molar-refractivity contribution in [1.29, 1.82) is 0 Å². The molecule has 59 heavy (non-hydrogen) atoms. The van der Waals surface area contributed by atoms with Gasteiger partial charge in [-0.05, 0) is 151 Å². The van der Waals surface area contributed by atoms with Crippen LogP contribution in [0.4, 0.5) is 11.4 Å². The Balaban J connectivity index is 1.23. The van der Waals surface area contributed by atoms with E-state index in [1.165, 1.54) is 120 Å². The van der Waals surface area contributed by atoms with Crippen LogP contribution in [-0.4, -0.2) is 6.04 Å². The number of nitrogens with zero attached hydrogens (tertiary/aromatic N) is 1. The molecular formula is C58H37N. The van der Waals surface area contributed by atoms with Gasteiger partial charge in [0.05, 0.1) is 6.04 Å². The highest BCUT2D eigenvalue weighted by molar-refractivity contribution is 6.46. The summed E-state index contributed by atoms with van der Waals surface area (Å²) in [6, 6.07) is 68.5. The summed E-state index contributed by atoms with van der Waals surface area (Å²) >= 11 is 0. The summed E-state index contributed by atoms with van der Waals surface area (Å²) in [6.45, 7) is 0. The molecule has 0 saturated carbocycles. The van der Waals surface area contributed by atoms with Crippen LogP contribution in [0, 0.1) is 0 Å². The van der Waals surface area contributed by atoms with E-state index < -0.39 is 0 Å². The highest BCUT2D eigenvalue weighted by Crippen LogP contribution is 2.55. The molecule has 0 saturated heterocycles. The van der Waals surface area contributed by atoms with Gasteiger partial charge in [-0.1, -0.05) is 170 Å². The van der Waals surface area contributed by atoms with Crippen LogP contribution in [0.25, 0.3) is 108 Å². The average Bonchev–Trinajstić information content (AvgIpc) is 3.80. The molecule has 274 valence electrons. The van der Waals surface area contributed by atoms with Crippen LogP contribution in [0.5, 0.6) is 0 Å². The Morgan fingerprint density at radius 2 is 0.949 bits per heavy atom. The number of fused-ring (bicyclic) bond motifs is 10. The molecule has 0 radical (unpaired) electrons. The van der Waals surface area contributed by atoms with E-state index in [0.29, 0.717) is 0 Å². The molecule has 0 aliphatic heterocycles. The van der Waals surface area contributed by atoms with Gasteiger partial charge in [-0.3, -0.25) is 0 Å². The van der Waals surface area contributed by atoms with Crippen LogP contribution < -0.4 is 4.90 Å². The number of anilines is 2. The van der Waals surface area contributed by atoms with Gasteiger partial charge in [-0.2, -0.15) is 0 Å². The maximum absolute atomic E-state index is 2.55. The van der Waals surface area contributed by atoms with Crippen LogP contribution >= 0.6 is 0 Å². The van der Waals surface area contributed by atoms with Crippen LogP contribution in [0.3, 0.4) is 0 Å². The predicted octanol–water partition coefficient (Wildman–Crippen LogP) is 16.1. The Labute approximate surface area is 342 Å². The predicted molar refractivity (Wildman–Crippen MR) is 255 cm³/mol. The number of rotatable bonds is 5. The fourth-order valence-corrected chi connectivity index (χ4v) is 10.8. The Hall–Kier alpha value is -7.48. The third-order valence-corrected chi connectivity index (χ3v) is 13.2. The molecule has 12 aromatic carbocycles. The van der Waals surface area contributed by atoms with Crippen molar-refractivity contribution in [3.05, 3.63) is 206 Å². The second-order valence-electron chi connectivity index (χ2n) is 16.2. The molecular weight excluding hydrogens is 711 g/mol. The van der Waals surface area contributed by atoms with Gasteiger partial charge < -0.3 is 4.90 Å². The van der Waals surface area contributed by atoms with Gasteiger partial charge in [0.25, 0.3) is 0 Å². The van der Waals surface area contributed by atoms with E-state index >= 15 is 0 Å². The normalized spacial score (nSPS) is 14.4. The lowest BCUT2D eigenvalue weighted by molar-refractivity contribution is 0.785. The van der Waals surface area contributed by atoms with Crippen molar-refractivity contribution in [2.24, 2.45) is 0 Å². The fraction of sp³-hybridized carbons (Fsp3) is 0.0345. The summed E-state index contributed by atoms with van der Waals surface area (Å²) < 4.78 is 0. The zero-order valence-electron chi connectivity index (χ0n) is 32.4. The van der Waals surface area contributed by atoms with Gasteiger partial charge in [0.15, 0.2) is 0 Å². The van der Waals surface area contributed by atoms with E-state index in [1.54, 1.807) is 0 Å². The first-order valence-electron chi connectivity index (χ1n) is 20.8. The molecule has 1 aliphatic carbocycles. The fourth-order valence-electron chi connectivity index (χ4n) is 10.8. The van der Waals surface area contributed by atoms with Crippen LogP contribution in [0.15, 0.2) is 206 Å². The van der Waals surface area contributed by atoms with Gasteiger partial charge in [-0.25, -0.2) is 0 Å². The first kappa shape index (κ1) is 32.6. The van der Waals surface area contributed by atoms with Crippen molar-refractivity contribution < 1.29 is 0 Å². The second-order valence-corrected chi connectivity index (χ2v) is 16.2. The topological polar surface area (TPSA) is 3.24 Å². The van der Waals surface area contributed by atoms with Gasteiger partial charge in [-0.15, -0.1) is 0 Å². The first-order chi connectivity index (χ1) is 29.3. The number of hydrogen-bond acceptors (Lipinski definition) is 1. The molecule has 1 heteroatoms. The molecule has 0 bridgehead atoms. The lowest BCUT2D eigenvalue weighted by Crippen LogP contribution is -2.29. The molecule has 0 fully saturated rings. The lowest BCUT2D eigenvalue weighted by Gasteiger charge is -2.32.